The Labute approximate surface area is 99.2 Å². The van der Waals surface area contributed by atoms with E-state index >= 15 is 0 Å². The second-order valence-corrected chi connectivity index (χ2v) is 3.75. The zero-order valence-electron chi connectivity index (χ0n) is 9.58. The number of ketones is 1. The summed E-state index contributed by atoms with van der Waals surface area (Å²) in [5, 5.41) is 7.69. The Balaban J connectivity index is 2.39. The molecule has 0 aliphatic heterocycles. The zero-order chi connectivity index (χ0) is 12.3. The normalized spacial score (nSPS) is 12.4. The molecule has 0 aliphatic rings. The highest BCUT2D eigenvalue weighted by Crippen LogP contribution is 2.10. The molecule has 0 saturated carbocycles. The summed E-state index contributed by atoms with van der Waals surface area (Å²) >= 11 is 0. The third kappa shape index (κ3) is 2.24. The Morgan fingerprint density at radius 2 is 2.12 bits per heavy atom. The van der Waals surface area contributed by atoms with Crippen molar-refractivity contribution < 1.29 is 4.79 Å². The van der Waals surface area contributed by atoms with E-state index in [-0.39, 0.29) is 5.78 Å². The van der Waals surface area contributed by atoms with E-state index in [1.807, 2.05) is 37.3 Å². The number of rotatable bonds is 4. The minimum absolute atomic E-state index is 0.138. The number of nitrogens with zero attached hydrogens (tertiary/aromatic N) is 3. The maximum Gasteiger partial charge on any atom is 0.199 e. The van der Waals surface area contributed by atoms with Crippen LogP contribution in [-0.2, 0) is 0 Å². The molecular formula is C12H14N4O. The van der Waals surface area contributed by atoms with Gasteiger partial charge in [0.1, 0.15) is 5.69 Å². The van der Waals surface area contributed by atoms with Crippen molar-refractivity contribution >= 4 is 5.78 Å². The van der Waals surface area contributed by atoms with Crippen LogP contribution >= 0.6 is 0 Å². The van der Waals surface area contributed by atoms with Gasteiger partial charge in [-0.1, -0.05) is 30.3 Å². The van der Waals surface area contributed by atoms with Crippen LogP contribution < -0.4 is 5.73 Å². The highest BCUT2D eigenvalue weighted by atomic mass is 16.1. The van der Waals surface area contributed by atoms with Gasteiger partial charge in [-0.3, -0.25) is 4.79 Å². The van der Waals surface area contributed by atoms with Crippen LogP contribution in [-0.4, -0.2) is 26.8 Å². The minimum Gasteiger partial charge on any atom is -0.321 e. The second kappa shape index (κ2) is 4.88. The Morgan fingerprint density at radius 3 is 2.76 bits per heavy atom. The van der Waals surface area contributed by atoms with Gasteiger partial charge in [-0.15, -0.1) is 5.10 Å². The Hall–Kier alpha value is -2.01. The minimum atomic E-state index is -0.504. The van der Waals surface area contributed by atoms with Gasteiger partial charge in [0.15, 0.2) is 5.78 Å². The molecule has 5 heteroatoms. The Bertz CT molecular complexity index is 506. The first-order valence-corrected chi connectivity index (χ1v) is 5.50. The van der Waals surface area contributed by atoms with Crippen molar-refractivity contribution in [3.63, 3.8) is 0 Å². The van der Waals surface area contributed by atoms with E-state index in [2.05, 4.69) is 10.3 Å². The van der Waals surface area contributed by atoms with Gasteiger partial charge < -0.3 is 5.73 Å². The van der Waals surface area contributed by atoms with Crippen LogP contribution in [0.15, 0.2) is 36.5 Å². The third-order valence-electron chi connectivity index (χ3n) is 2.58. The first-order valence-electron chi connectivity index (χ1n) is 5.50. The molecule has 0 bridgehead atoms. The molecule has 5 nitrogen and oxygen atoms in total. The molecule has 1 unspecified atom stereocenters. The number of aromatic nitrogens is 3. The van der Waals surface area contributed by atoms with Crippen molar-refractivity contribution in [1.82, 2.24) is 15.0 Å². The number of carbonyl (C=O) groups is 1. The average Bonchev–Trinajstić information content (AvgIpc) is 2.87. The van der Waals surface area contributed by atoms with Crippen LogP contribution in [0, 0.1) is 0 Å². The summed E-state index contributed by atoms with van der Waals surface area (Å²) in [7, 11) is 0. The maximum atomic E-state index is 12.0. The van der Waals surface area contributed by atoms with E-state index in [0.29, 0.717) is 12.1 Å². The van der Waals surface area contributed by atoms with Crippen molar-refractivity contribution in [2.45, 2.75) is 19.4 Å². The van der Waals surface area contributed by atoms with E-state index < -0.39 is 6.04 Å². The molecule has 0 aliphatic carbocycles. The molecule has 2 aromatic rings. The van der Waals surface area contributed by atoms with Gasteiger partial charge in [-0.05, 0) is 18.6 Å². The molecule has 2 rings (SSSR count). The maximum absolute atomic E-state index is 12.0. The van der Waals surface area contributed by atoms with Crippen molar-refractivity contribution in [3.05, 3.63) is 42.2 Å². The lowest BCUT2D eigenvalue weighted by Gasteiger charge is -2.08. The summed E-state index contributed by atoms with van der Waals surface area (Å²) in [6.07, 6.45) is 2.05. The lowest BCUT2D eigenvalue weighted by Crippen LogP contribution is -2.31. The fourth-order valence-corrected chi connectivity index (χ4v) is 1.54. The molecule has 2 N–H and O–H groups in total. The Morgan fingerprint density at radius 1 is 1.41 bits per heavy atom. The molecule has 1 aromatic carbocycles. The molecule has 0 amide bonds. The van der Waals surface area contributed by atoms with Crippen LogP contribution in [0.5, 0.6) is 0 Å². The molecule has 0 spiro atoms. The smallest absolute Gasteiger partial charge is 0.199 e. The van der Waals surface area contributed by atoms with Crippen LogP contribution in [0.1, 0.15) is 23.8 Å². The number of hydrogen-bond acceptors (Lipinski definition) is 4. The molecule has 88 valence electrons. The number of carbonyl (C=O) groups excluding carboxylic acids is 1. The van der Waals surface area contributed by atoms with Gasteiger partial charge in [0.25, 0.3) is 0 Å². The van der Waals surface area contributed by atoms with Gasteiger partial charge in [0.2, 0.25) is 0 Å². The number of Topliss-reactive ketones (excluding diaryl/α,β-unsaturated/α-hetero) is 1. The van der Waals surface area contributed by atoms with Gasteiger partial charge in [-0.25, -0.2) is 4.68 Å². The highest BCUT2D eigenvalue weighted by Gasteiger charge is 2.19. The van der Waals surface area contributed by atoms with Crippen LogP contribution in [0.25, 0.3) is 5.69 Å². The predicted molar refractivity (Wildman–Crippen MR) is 64.0 cm³/mol. The summed E-state index contributed by atoms with van der Waals surface area (Å²) in [6.45, 7) is 1.87. The quantitative estimate of drug-likeness (QED) is 0.800. The SMILES string of the molecule is CCC(N)C(=O)c1cnnn1-c1ccccc1. The fraction of sp³-hybridized carbons (Fsp3) is 0.250. The monoisotopic (exact) mass is 230 g/mol. The molecule has 1 atom stereocenters. The molecular weight excluding hydrogens is 216 g/mol. The largest absolute Gasteiger partial charge is 0.321 e. The van der Waals surface area contributed by atoms with E-state index in [1.54, 1.807) is 0 Å². The summed E-state index contributed by atoms with van der Waals surface area (Å²) < 4.78 is 1.51. The van der Waals surface area contributed by atoms with E-state index in [1.165, 1.54) is 10.9 Å². The predicted octanol–water partition coefficient (Wildman–Crippen LogP) is 1.19. The summed E-state index contributed by atoms with van der Waals surface area (Å²) in [5.74, 6) is -0.138. The molecule has 0 radical (unpaired) electrons. The first-order chi connectivity index (χ1) is 8.24. The number of para-hydroxylation sites is 1. The van der Waals surface area contributed by atoms with E-state index in [9.17, 15) is 4.79 Å². The first kappa shape index (κ1) is 11.5. The molecule has 0 fully saturated rings. The fourth-order valence-electron chi connectivity index (χ4n) is 1.54. The standard InChI is InChI=1S/C12H14N4O/c1-2-10(13)12(17)11-8-14-15-16(11)9-6-4-3-5-7-9/h3-8,10H,2,13H2,1H3. The van der Waals surface area contributed by atoms with Crippen molar-refractivity contribution in [2.75, 3.05) is 0 Å². The van der Waals surface area contributed by atoms with Gasteiger partial charge in [0, 0.05) is 0 Å². The van der Waals surface area contributed by atoms with Crippen LogP contribution in [0.3, 0.4) is 0 Å². The van der Waals surface area contributed by atoms with Gasteiger partial charge >= 0.3 is 0 Å². The molecule has 1 aromatic heterocycles. The van der Waals surface area contributed by atoms with E-state index in [4.69, 9.17) is 5.73 Å². The third-order valence-corrected chi connectivity index (χ3v) is 2.58. The summed E-state index contributed by atoms with van der Waals surface area (Å²) in [5.41, 5.74) is 6.96. The summed E-state index contributed by atoms with van der Waals surface area (Å²) in [6, 6.07) is 8.89. The molecule has 17 heavy (non-hydrogen) atoms. The number of hydrogen-bond donors (Lipinski definition) is 1. The van der Waals surface area contributed by atoms with Crippen molar-refractivity contribution in [2.24, 2.45) is 5.73 Å². The van der Waals surface area contributed by atoms with Gasteiger partial charge in [-0.2, -0.15) is 0 Å². The molecule has 0 saturated heterocycles. The van der Waals surface area contributed by atoms with Crippen LogP contribution in [0.2, 0.25) is 0 Å². The number of benzene rings is 1. The summed E-state index contributed by atoms with van der Waals surface area (Å²) in [4.78, 5) is 12.0. The second-order valence-electron chi connectivity index (χ2n) is 3.75. The average molecular weight is 230 g/mol. The van der Waals surface area contributed by atoms with E-state index in [0.717, 1.165) is 5.69 Å². The van der Waals surface area contributed by atoms with Crippen LogP contribution in [0.4, 0.5) is 0 Å². The molecule has 1 heterocycles. The topological polar surface area (TPSA) is 73.8 Å². The van der Waals surface area contributed by atoms with Crippen molar-refractivity contribution in [3.8, 4) is 5.69 Å². The Kier molecular flexibility index (Phi) is 3.30. The van der Waals surface area contributed by atoms with Gasteiger partial charge in [0.05, 0.1) is 17.9 Å². The highest BCUT2D eigenvalue weighted by molar-refractivity contribution is 5.98. The zero-order valence-corrected chi connectivity index (χ0v) is 9.58. The lowest BCUT2D eigenvalue weighted by atomic mass is 10.1. The lowest BCUT2D eigenvalue weighted by molar-refractivity contribution is 0.0951. The van der Waals surface area contributed by atoms with Crippen molar-refractivity contribution in [1.29, 1.82) is 0 Å². The number of nitrogens with two attached hydrogens (primary N) is 1.